The zero-order chi connectivity index (χ0) is 31.9. The molecule has 3 heterocycles. The van der Waals surface area contributed by atoms with Gasteiger partial charge in [-0.2, -0.15) is 0 Å². The van der Waals surface area contributed by atoms with Crippen molar-refractivity contribution in [3.05, 3.63) is 42.5 Å². The molecule has 0 amide bonds. The zero-order valence-corrected chi connectivity index (χ0v) is 28.8. The van der Waals surface area contributed by atoms with E-state index in [0.29, 0.717) is 60.2 Å². The molecule has 0 spiro atoms. The van der Waals surface area contributed by atoms with Crippen molar-refractivity contribution in [2.75, 3.05) is 26.2 Å². The van der Waals surface area contributed by atoms with Crippen LogP contribution in [-0.2, 0) is 19.6 Å². The summed E-state index contributed by atoms with van der Waals surface area (Å²) >= 11 is 0. The number of hydrogen-bond acceptors (Lipinski definition) is 7. The molecule has 8 atom stereocenters. The third-order valence-corrected chi connectivity index (χ3v) is 13.5. The molecule has 8 unspecified atom stereocenters. The molecule has 1 aromatic carbocycles. The molecule has 9 heteroatoms. The number of benzene rings is 1. The van der Waals surface area contributed by atoms with Crippen LogP contribution in [-0.4, -0.2) is 69.8 Å². The summed E-state index contributed by atoms with van der Waals surface area (Å²) in [7, 11) is -3.63. The molecule has 4 fully saturated rings. The van der Waals surface area contributed by atoms with Gasteiger partial charge in [0, 0.05) is 31.7 Å². The van der Waals surface area contributed by atoms with Crippen LogP contribution < -0.4 is 15.4 Å². The van der Waals surface area contributed by atoms with Gasteiger partial charge in [0.25, 0.3) is 0 Å². The van der Waals surface area contributed by atoms with Crippen LogP contribution >= 0.6 is 0 Å². The van der Waals surface area contributed by atoms with Crippen LogP contribution in [0.15, 0.2) is 47.4 Å². The molecule has 0 bridgehead atoms. The first kappa shape index (κ1) is 34.1. The van der Waals surface area contributed by atoms with Crippen LogP contribution in [0.1, 0.15) is 96.8 Å². The molecule has 8 nitrogen and oxygen atoms in total. The number of ether oxygens (including phenoxy) is 1. The second-order valence-electron chi connectivity index (χ2n) is 14.8. The third-order valence-electron chi connectivity index (χ3n) is 11.9. The molecule has 256 valence electrons. The molecular formula is C37H58N4O4S. The highest BCUT2D eigenvalue weighted by Crippen LogP contribution is 2.45. The van der Waals surface area contributed by atoms with Gasteiger partial charge in [0.15, 0.2) is 0 Å². The first-order valence-corrected chi connectivity index (χ1v) is 20.0. The van der Waals surface area contributed by atoms with Crippen molar-refractivity contribution in [2.24, 2.45) is 29.6 Å². The number of sulfonamides is 1. The maximum Gasteiger partial charge on any atom is 0.324 e. The molecule has 3 saturated heterocycles. The van der Waals surface area contributed by atoms with Gasteiger partial charge < -0.3 is 10.1 Å². The Balaban J connectivity index is 1.30. The lowest BCUT2D eigenvalue weighted by atomic mass is 9.65. The number of hydrogen-bond donors (Lipinski definition) is 3. The van der Waals surface area contributed by atoms with Crippen LogP contribution in [0.4, 0.5) is 0 Å². The van der Waals surface area contributed by atoms with E-state index in [2.05, 4.69) is 32.4 Å². The minimum Gasteiger partial charge on any atom is -0.465 e. The van der Waals surface area contributed by atoms with Crippen LogP contribution in [0, 0.1) is 29.6 Å². The van der Waals surface area contributed by atoms with Gasteiger partial charge in [-0.3, -0.25) is 15.0 Å². The molecule has 1 saturated carbocycles. The van der Waals surface area contributed by atoms with E-state index in [4.69, 9.17) is 4.74 Å². The lowest BCUT2D eigenvalue weighted by molar-refractivity contribution is -0.150. The van der Waals surface area contributed by atoms with Gasteiger partial charge >= 0.3 is 5.97 Å². The topological polar surface area (TPSA) is 99.8 Å². The Morgan fingerprint density at radius 2 is 1.61 bits per heavy atom. The number of esters is 1. The van der Waals surface area contributed by atoms with E-state index in [-0.39, 0.29) is 24.2 Å². The van der Waals surface area contributed by atoms with Crippen molar-refractivity contribution in [1.29, 1.82) is 0 Å². The fraction of sp³-hybridized carbons (Fsp3) is 0.757. The van der Waals surface area contributed by atoms with Gasteiger partial charge in [0.05, 0.1) is 17.7 Å². The van der Waals surface area contributed by atoms with E-state index in [1.807, 2.05) is 13.0 Å². The molecule has 3 N–H and O–H groups in total. The zero-order valence-electron chi connectivity index (χ0n) is 28.0. The van der Waals surface area contributed by atoms with Gasteiger partial charge in [0.1, 0.15) is 6.04 Å². The average Bonchev–Trinajstić information content (AvgIpc) is 3.46. The monoisotopic (exact) mass is 654 g/mol. The summed E-state index contributed by atoms with van der Waals surface area (Å²) in [6.07, 6.45) is 22.0. The quantitative estimate of drug-likeness (QED) is 0.248. The Labute approximate surface area is 277 Å². The SMILES string of the molecule is CCOC(=O)C1CNC2C(C3CCCCCCC3)CC(C3CC(NS(=O)(=O)c4ccccc4)CNC3C3C/C=C\CCCC3)CN12. The van der Waals surface area contributed by atoms with Crippen LogP contribution in [0.2, 0.25) is 0 Å². The van der Waals surface area contributed by atoms with Crippen LogP contribution in [0.3, 0.4) is 0 Å². The Hall–Kier alpha value is -1.78. The second kappa shape index (κ2) is 16.1. The number of rotatable bonds is 8. The maximum atomic E-state index is 13.5. The van der Waals surface area contributed by atoms with E-state index < -0.39 is 10.0 Å². The van der Waals surface area contributed by atoms with E-state index in [9.17, 15) is 13.2 Å². The first-order chi connectivity index (χ1) is 22.4. The Bertz CT molecular complexity index is 1250. The van der Waals surface area contributed by atoms with Gasteiger partial charge in [-0.05, 0) is 87.2 Å². The normalized spacial score (nSPS) is 36.0. The van der Waals surface area contributed by atoms with Gasteiger partial charge in [-0.15, -0.1) is 0 Å². The van der Waals surface area contributed by atoms with Crippen LogP contribution in [0.25, 0.3) is 0 Å². The molecule has 0 aromatic heterocycles. The molecule has 46 heavy (non-hydrogen) atoms. The fourth-order valence-corrected chi connectivity index (χ4v) is 11.0. The highest BCUT2D eigenvalue weighted by Gasteiger charge is 2.51. The molecule has 3 aliphatic heterocycles. The van der Waals surface area contributed by atoms with Crippen molar-refractivity contribution in [2.45, 2.75) is 126 Å². The summed E-state index contributed by atoms with van der Waals surface area (Å²) in [5.74, 6) is 2.25. The highest BCUT2D eigenvalue weighted by atomic mass is 32.2. The average molecular weight is 655 g/mol. The smallest absolute Gasteiger partial charge is 0.324 e. The van der Waals surface area contributed by atoms with E-state index in [1.54, 1.807) is 24.3 Å². The van der Waals surface area contributed by atoms with Crippen LogP contribution in [0.5, 0.6) is 0 Å². The molecule has 5 aliphatic rings. The molecule has 2 aliphatic carbocycles. The molecule has 1 aromatic rings. The van der Waals surface area contributed by atoms with Crippen molar-refractivity contribution in [1.82, 2.24) is 20.3 Å². The Morgan fingerprint density at radius 1 is 0.870 bits per heavy atom. The summed E-state index contributed by atoms with van der Waals surface area (Å²) in [6, 6.07) is 8.68. The van der Waals surface area contributed by atoms with Crippen molar-refractivity contribution >= 4 is 16.0 Å². The first-order valence-electron chi connectivity index (χ1n) is 18.6. The summed E-state index contributed by atoms with van der Waals surface area (Å²) in [6.45, 7) is 4.45. The lowest BCUT2D eigenvalue weighted by Crippen LogP contribution is -2.62. The van der Waals surface area contributed by atoms with Crippen molar-refractivity contribution in [3.63, 3.8) is 0 Å². The second-order valence-corrected chi connectivity index (χ2v) is 16.5. The number of nitrogens with zero attached hydrogens (tertiary/aromatic N) is 1. The Morgan fingerprint density at radius 3 is 2.39 bits per heavy atom. The fourth-order valence-electron chi connectivity index (χ4n) is 9.72. The number of carbonyl (C=O) groups excluding carboxylic acids is 1. The third kappa shape index (κ3) is 8.08. The largest absolute Gasteiger partial charge is 0.465 e. The standard InChI is InChI=1S/C37H58N4O4S/c1-2-45-37(42)34-25-39-36-33(27-16-10-5-3-6-11-17-27)22-29(26-41(34)36)32-23-30(40-46(43,44)31-20-14-9-15-21-31)24-38-35(32)28-18-12-7-4-8-13-19-28/h7,9,12,14-15,20-21,27-30,32-36,38-40H,2-6,8,10-11,13,16-19,22-26H2,1H3/b12-7-. The molecule has 6 rings (SSSR count). The van der Waals surface area contributed by atoms with Crippen molar-refractivity contribution < 1.29 is 17.9 Å². The minimum atomic E-state index is -3.63. The van der Waals surface area contributed by atoms with E-state index in [0.717, 1.165) is 25.8 Å². The number of carbonyl (C=O) groups is 1. The number of nitrogens with one attached hydrogen (secondary N) is 3. The summed E-state index contributed by atoms with van der Waals surface area (Å²) in [5, 5.41) is 7.76. The van der Waals surface area contributed by atoms with Gasteiger partial charge in [-0.25, -0.2) is 13.1 Å². The predicted molar refractivity (Wildman–Crippen MR) is 182 cm³/mol. The Kier molecular flexibility index (Phi) is 11.9. The van der Waals surface area contributed by atoms with E-state index in [1.165, 1.54) is 70.6 Å². The van der Waals surface area contributed by atoms with Gasteiger partial charge in [0.2, 0.25) is 10.0 Å². The molecular weight excluding hydrogens is 596 g/mol. The van der Waals surface area contributed by atoms with Gasteiger partial charge in [-0.1, -0.05) is 81.7 Å². The van der Waals surface area contributed by atoms with E-state index >= 15 is 0 Å². The lowest BCUT2D eigenvalue weighted by Gasteiger charge is -2.51. The number of allylic oxidation sites excluding steroid dienone is 2. The number of fused-ring (bicyclic) bond motifs is 1. The van der Waals surface area contributed by atoms with Crippen molar-refractivity contribution in [3.8, 4) is 0 Å². The molecule has 0 radical (unpaired) electrons. The maximum absolute atomic E-state index is 13.5. The summed E-state index contributed by atoms with van der Waals surface area (Å²) < 4.78 is 35.7. The highest BCUT2D eigenvalue weighted by molar-refractivity contribution is 7.89. The summed E-state index contributed by atoms with van der Waals surface area (Å²) in [5.41, 5.74) is 0. The predicted octanol–water partition coefficient (Wildman–Crippen LogP) is 5.61. The number of piperidine rings is 2. The summed E-state index contributed by atoms with van der Waals surface area (Å²) in [4.78, 5) is 16.1. The minimum absolute atomic E-state index is 0.105.